The molecule has 9 heteroatoms. The van der Waals surface area contributed by atoms with E-state index in [-0.39, 0.29) is 24.0 Å². The zero-order valence-corrected chi connectivity index (χ0v) is 14.3. The summed E-state index contributed by atoms with van der Waals surface area (Å²) in [5.41, 5.74) is -3.25. The van der Waals surface area contributed by atoms with Crippen molar-refractivity contribution >= 4 is 11.9 Å². The van der Waals surface area contributed by atoms with Crippen LogP contribution in [0.2, 0.25) is 0 Å². The fourth-order valence-electron chi connectivity index (χ4n) is 3.08. The molecular weight excluding hydrogens is 359 g/mol. The number of benzene rings is 1. The lowest BCUT2D eigenvalue weighted by Gasteiger charge is -2.38. The van der Waals surface area contributed by atoms with Crippen LogP contribution in [0.25, 0.3) is 0 Å². The van der Waals surface area contributed by atoms with E-state index in [9.17, 15) is 29.3 Å². The molecule has 0 amide bonds. The Kier molecular flexibility index (Phi) is 4.56. The predicted octanol–water partition coefficient (Wildman–Crippen LogP) is 1.75. The maximum atomic E-state index is 13.0. The molecule has 1 aliphatic rings. The van der Waals surface area contributed by atoms with Gasteiger partial charge in [0.25, 0.3) is 0 Å². The molecule has 142 valence electrons. The summed E-state index contributed by atoms with van der Waals surface area (Å²) in [6.07, 6.45) is 2.23. The van der Waals surface area contributed by atoms with Crippen LogP contribution < -0.4 is 0 Å². The zero-order chi connectivity index (χ0) is 19.8. The number of hydrogen-bond acceptors (Lipinski definition) is 6. The number of halogens is 1. The van der Waals surface area contributed by atoms with E-state index in [0.717, 1.165) is 0 Å². The van der Waals surface area contributed by atoms with Gasteiger partial charge >= 0.3 is 11.9 Å². The van der Waals surface area contributed by atoms with Gasteiger partial charge in [-0.25, -0.2) is 9.18 Å². The van der Waals surface area contributed by atoms with Crippen molar-refractivity contribution in [2.45, 2.75) is 31.3 Å². The van der Waals surface area contributed by atoms with E-state index in [1.54, 1.807) is 12.1 Å². The van der Waals surface area contributed by atoms with Gasteiger partial charge in [0.05, 0.1) is 17.8 Å². The van der Waals surface area contributed by atoms with Gasteiger partial charge < -0.3 is 19.7 Å². The molecule has 27 heavy (non-hydrogen) atoms. The Hall–Kier alpha value is -3.07. The summed E-state index contributed by atoms with van der Waals surface area (Å²) in [6, 6.07) is 5.66. The molecule has 0 fully saturated rings. The monoisotopic (exact) mass is 376 g/mol. The van der Waals surface area contributed by atoms with Gasteiger partial charge in [-0.15, -0.1) is 10.2 Å². The quantitative estimate of drug-likeness (QED) is 0.672. The minimum absolute atomic E-state index is 0.138. The van der Waals surface area contributed by atoms with E-state index in [2.05, 4.69) is 10.2 Å². The highest BCUT2D eigenvalue weighted by atomic mass is 19.1. The molecule has 1 aromatic heterocycles. The molecule has 2 aromatic rings. The van der Waals surface area contributed by atoms with Gasteiger partial charge in [0.1, 0.15) is 5.82 Å². The molecule has 3 N–H and O–H groups in total. The maximum absolute atomic E-state index is 13.0. The Morgan fingerprint density at radius 2 is 1.89 bits per heavy atom. The van der Waals surface area contributed by atoms with Gasteiger partial charge in [-0.2, -0.15) is 0 Å². The molecule has 1 aromatic carbocycles. The summed E-state index contributed by atoms with van der Waals surface area (Å²) in [5.74, 6) is -4.39. The Morgan fingerprint density at radius 3 is 2.48 bits per heavy atom. The fraction of sp³-hybridized carbons (Fsp3) is 0.333. The van der Waals surface area contributed by atoms with Crippen molar-refractivity contribution in [1.29, 1.82) is 0 Å². The Morgan fingerprint density at radius 1 is 1.22 bits per heavy atom. The van der Waals surface area contributed by atoms with E-state index in [1.165, 1.54) is 31.2 Å². The van der Waals surface area contributed by atoms with E-state index in [4.69, 9.17) is 4.42 Å². The fourth-order valence-corrected chi connectivity index (χ4v) is 3.08. The molecular formula is C18H17FN2O6. The summed E-state index contributed by atoms with van der Waals surface area (Å²) in [7, 11) is 0. The number of carboxylic acid groups (broad SMARTS) is 2. The number of carboxylic acids is 2. The van der Waals surface area contributed by atoms with E-state index < -0.39 is 35.3 Å². The largest absolute Gasteiger partial charge is 0.481 e. The van der Waals surface area contributed by atoms with Crippen LogP contribution in [0, 0.1) is 11.2 Å². The van der Waals surface area contributed by atoms with E-state index in [0.29, 0.717) is 5.56 Å². The van der Waals surface area contributed by atoms with E-state index in [1.807, 2.05) is 0 Å². The summed E-state index contributed by atoms with van der Waals surface area (Å²) in [5, 5.41) is 37.2. The summed E-state index contributed by atoms with van der Waals surface area (Å²) in [4.78, 5) is 23.1. The third-order valence-corrected chi connectivity index (χ3v) is 4.68. The Bertz CT molecular complexity index is 909. The first-order valence-electron chi connectivity index (χ1n) is 8.09. The Labute approximate surface area is 153 Å². The van der Waals surface area contributed by atoms with Crippen molar-refractivity contribution in [3.63, 3.8) is 0 Å². The lowest BCUT2D eigenvalue weighted by atomic mass is 9.68. The van der Waals surface area contributed by atoms with Crippen LogP contribution in [0.1, 0.15) is 36.6 Å². The lowest BCUT2D eigenvalue weighted by Crippen LogP contribution is -2.51. The average Bonchev–Trinajstić information content (AvgIpc) is 3.05. The summed E-state index contributed by atoms with van der Waals surface area (Å²) in [6.45, 7) is 1.32. The van der Waals surface area contributed by atoms with Crippen LogP contribution in [-0.2, 0) is 16.0 Å². The molecule has 3 unspecified atom stereocenters. The summed E-state index contributed by atoms with van der Waals surface area (Å²) >= 11 is 0. The molecule has 0 bridgehead atoms. The number of nitrogens with zero attached hydrogens (tertiary/aromatic N) is 2. The third-order valence-electron chi connectivity index (χ3n) is 4.68. The number of aliphatic hydroxyl groups is 1. The molecule has 1 aliphatic carbocycles. The SMILES string of the molecule is CC1(C(=O)O)C=CC(c2nnc(Cc3ccc(F)cc3)o2)C(O)(C(=O)O)C1. The maximum Gasteiger partial charge on any atom is 0.336 e. The van der Waals surface area contributed by atoms with Crippen LogP contribution in [0.4, 0.5) is 4.39 Å². The predicted molar refractivity (Wildman–Crippen MR) is 88.3 cm³/mol. The normalized spacial score (nSPS) is 27.4. The molecule has 3 rings (SSSR count). The van der Waals surface area contributed by atoms with Gasteiger partial charge in [-0.05, 0) is 24.6 Å². The smallest absolute Gasteiger partial charge is 0.336 e. The molecule has 0 saturated heterocycles. The number of aliphatic carboxylic acids is 2. The second kappa shape index (κ2) is 6.58. The minimum Gasteiger partial charge on any atom is -0.481 e. The molecule has 1 heterocycles. The zero-order valence-electron chi connectivity index (χ0n) is 14.3. The van der Waals surface area contributed by atoms with Crippen molar-refractivity contribution in [3.8, 4) is 0 Å². The van der Waals surface area contributed by atoms with Gasteiger partial charge in [-0.3, -0.25) is 4.79 Å². The van der Waals surface area contributed by atoms with Crippen LogP contribution in [-0.4, -0.2) is 43.1 Å². The second-order valence-electron chi connectivity index (χ2n) is 6.80. The van der Waals surface area contributed by atoms with Crippen LogP contribution in [0.3, 0.4) is 0 Å². The van der Waals surface area contributed by atoms with Gasteiger partial charge in [0.2, 0.25) is 11.8 Å². The Balaban J connectivity index is 1.90. The molecule has 0 radical (unpaired) electrons. The highest BCUT2D eigenvalue weighted by Crippen LogP contribution is 2.44. The summed E-state index contributed by atoms with van der Waals surface area (Å²) < 4.78 is 18.5. The van der Waals surface area contributed by atoms with Gasteiger partial charge in [-0.1, -0.05) is 24.3 Å². The van der Waals surface area contributed by atoms with Gasteiger partial charge in [0, 0.05) is 6.42 Å². The standard InChI is InChI=1S/C18H17FN2O6/c1-17(15(22)23)7-6-12(18(26,9-17)16(24)25)14-21-20-13(27-14)8-10-2-4-11(19)5-3-10/h2-7,12,26H,8-9H2,1H3,(H,22,23)(H,24,25). The first kappa shape index (κ1) is 18.7. The van der Waals surface area contributed by atoms with Crippen molar-refractivity contribution in [1.82, 2.24) is 10.2 Å². The molecule has 3 atom stereocenters. The second-order valence-corrected chi connectivity index (χ2v) is 6.80. The first-order valence-corrected chi connectivity index (χ1v) is 8.09. The number of hydrogen-bond donors (Lipinski definition) is 3. The van der Waals surface area contributed by atoms with Crippen molar-refractivity contribution in [2.24, 2.45) is 5.41 Å². The van der Waals surface area contributed by atoms with E-state index >= 15 is 0 Å². The first-order chi connectivity index (χ1) is 12.6. The van der Waals surface area contributed by atoms with Gasteiger partial charge in [0.15, 0.2) is 5.60 Å². The van der Waals surface area contributed by atoms with Crippen LogP contribution >= 0.6 is 0 Å². The topological polar surface area (TPSA) is 134 Å². The number of rotatable bonds is 5. The minimum atomic E-state index is -2.42. The number of aromatic nitrogens is 2. The lowest BCUT2D eigenvalue weighted by molar-refractivity contribution is -0.168. The molecule has 0 aliphatic heterocycles. The average molecular weight is 376 g/mol. The van der Waals surface area contributed by atoms with Crippen molar-refractivity contribution < 1.29 is 33.7 Å². The highest BCUT2D eigenvalue weighted by molar-refractivity contribution is 5.84. The van der Waals surface area contributed by atoms with Crippen LogP contribution in [0.5, 0.6) is 0 Å². The molecule has 8 nitrogen and oxygen atoms in total. The van der Waals surface area contributed by atoms with Crippen molar-refractivity contribution in [2.75, 3.05) is 0 Å². The van der Waals surface area contributed by atoms with Crippen molar-refractivity contribution in [3.05, 3.63) is 59.6 Å². The molecule has 0 spiro atoms. The highest BCUT2D eigenvalue weighted by Gasteiger charge is 2.55. The molecule has 0 saturated carbocycles. The third kappa shape index (κ3) is 3.45. The number of carbonyl (C=O) groups is 2. The van der Waals surface area contributed by atoms with Crippen LogP contribution in [0.15, 0.2) is 40.8 Å².